The van der Waals surface area contributed by atoms with Gasteiger partial charge in [-0.25, -0.2) is 4.39 Å². The van der Waals surface area contributed by atoms with Crippen LogP contribution in [0.3, 0.4) is 0 Å². The van der Waals surface area contributed by atoms with Crippen LogP contribution in [0.2, 0.25) is 5.02 Å². The fourth-order valence-corrected chi connectivity index (χ4v) is 2.15. The normalized spacial score (nSPS) is 12.7. The van der Waals surface area contributed by atoms with Gasteiger partial charge in [0.05, 0.1) is 5.02 Å². The average Bonchev–Trinajstić information content (AvgIpc) is 2.74. The second-order valence-corrected chi connectivity index (χ2v) is 4.48. The fourth-order valence-electron chi connectivity index (χ4n) is 1.29. The standard InChI is InChI=1S/C11H8ClFOS/c12-8-4-3-7(6-9(8)13)11(14)10-2-1-5-15-10/h1-6,11,14H/t11-/m0/s1. The first-order valence-electron chi connectivity index (χ1n) is 4.35. The molecular formula is C11H8ClFOS. The number of hydrogen-bond acceptors (Lipinski definition) is 2. The Morgan fingerprint density at radius 2 is 2.13 bits per heavy atom. The third-order valence-electron chi connectivity index (χ3n) is 2.07. The van der Waals surface area contributed by atoms with E-state index in [0.717, 1.165) is 4.88 Å². The van der Waals surface area contributed by atoms with Gasteiger partial charge in [0.15, 0.2) is 0 Å². The quantitative estimate of drug-likeness (QED) is 0.853. The van der Waals surface area contributed by atoms with Gasteiger partial charge in [0.2, 0.25) is 0 Å². The molecule has 0 bridgehead atoms. The summed E-state index contributed by atoms with van der Waals surface area (Å²) in [6, 6.07) is 7.98. The van der Waals surface area contributed by atoms with E-state index in [9.17, 15) is 9.50 Å². The van der Waals surface area contributed by atoms with Crippen LogP contribution in [0.25, 0.3) is 0 Å². The molecule has 0 aliphatic rings. The molecule has 0 aliphatic carbocycles. The van der Waals surface area contributed by atoms with Crippen LogP contribution in [0.4, 0.5) is 4.39 Å². The van der Waals surface area contributed by atoms with E-state index in [0.29, 0.717) is 5.56 Å². The van der Waals surface area contributed by atoms with Gasteiger partial charge in [-0.2, -0.15) is 0 Å². The summed E-state index contributed by atoms with van der Waals surface area (Å²) in [4.78, 5) is 0.789. The highest BCUT2D eigenvalue weighted by molar-refractivity contribution is 7.10. The van der Waals surface area contributed by atoms with Gasteiger partial charge in [-0.15, -0.1) is 11.3 Å². The third-order valence-corrected chi connectivity index (χ3v) is 3.30. The van der Waals surface area contributed by atoms with Gasteiger partial charge < -0.3 is 5.11 Å². The summed E-state index contributed by atoms with van der Waals surface area (Å²) >= 11 is 6.99. The van der Waals surface area contributed by atoms with Crippen molar-refractivity contribution in [2.45, 2.75) is 6.10 Å². The van der Waals surface area contributed by atoms with Crippen molar-refractivity contribution in [1.29, 1.82) is 0 Å². The van der Waals surface area contributed by atoms with Gasteiger partial charge in [0.25, 0.3) is 0 Å². The van der Waals surface area contributed by atoms with Crippen molar-refractivity contribution in [2.24, 2.45) is 0 Å². The Morgan fingerprint density at radius 1 is 1.33 bits per heavy atom. The molecule has 0 saturated carbocycles. The van der Waals surface area contributed by atoms with Crippen LogP contribution >= 0.6 is 22.9 Å². The summed E-state index contributed by atoms with van der Waals surface area (Å²) in [5.41, 5.74) is 0.513. The Morgan fingerprint density at radius 3 is 2.73 bits per heavy atom. The molecule has 1 atom stereocenters. The molecule has 0 fully saturated rings. The summed E-state index contributed by atoms with van der Waals surface area (Å²) in [6.07, 6.45) is -0.781. The molecule has 0 saturated heterocycles. The molecule has 1 heterocycles. The van der Waals surface area contributed by atoms with E-state index in [2.05, 4.69) is 0 Å². The molecule has 0 amide bonds. The molecular weight excluding hydrogens is 235 g/mol. The lowest BCUT2D eigenvalue weighted by Gasteiger charge is -2.09. The molecule has 0 spiro atoms. The smallest absolute Gasteiger partial charge is 0.142 e. The molecule has 15 heavy (non-hydrogen) atoms. The minimum atomic E-state index is -0.781. The minimum Gasteiger partial charge on any atom is -0.383 e. The maximum atomic E-state index is 13.1. The molecule has 1 aromatic heterocycles. The van der Waals surface area contributed by atoms with Crippen LogP contribution < -0.4 is 0 Å². The number of aliphatic hydroxyl groups excluding tert-OH is 1. The highest BCUT2D eigenvalue weighted by atomic mass is 35.5. The lowest BCUT2D eigenvalue weighted by molar-refractivity contribution is 0.223. The first-order chi connectivity index (χ1) is 7.18. The van der Waals surface area contributed by atoms with Crippen molar-refractivity contribution >= 4 is 22.9 Å². The molecule has 4 heteroatoms. The molecule has 0 radical (unpaired) electrons. The Balaban J connectivity index is 2.34. The highest BCUT2D eigenvalue weighted by Gasteiger charge is 2.12. The van der Waals surface area contributed by atoms with Crippen molar-refractivity contribution in [1.82, 2.24) is 0 Å². The second kappa shape index (κ2) is 4.31. The van der Waals surface area contributed by atoms with E-state index in [1.165, 1.54) is 23.5 Å². The average molecular weight is 243 g/mol. The number of benzene rings is 1. The Hall–Kier alpha value is -0.900. The first kappa shape index (κ1) is 10.6. The van der Waals surface area contributed by atoms with Crippen molar-refractivity contribution < 1.29 is 9.50 Å². The number of aliphatic hydroxyl groups is 1. The first-order valence-corrected chi connectivity index (χ1v) is 5.60. The minimum absolute atomic E-state index is 0.0668. The largest absolute Gasteiger partial charge is 0.383 e. The monoisotopic (exact) mass is 242 g/mol. The molecule has 2 aromatic rings. The van der Waals surface area contributed by atoms with Crippen LogP contribution in [0, 0.1) is 5.82 Å². The third kappa shape index (κ3) is 2.20. The summed E-state index contributed by atoms with van der Waals surface area (Å²) in [5, 5.41) is 11.8. The predicted octanol–water partition coefficient (Wildman–Crippen LogP) is 3.62. The topological polar surface area (TPSA) is 20.2 Å². The summed E-state index contributed by atoms with van der Waals surface area (Å²) in [7, 11) is 0. The van der Waals surface area contributed by atoms with Crippen LogP contribution in [0.5, 0.6) is 0 Å². The molecule has 0 aliphatic heterocycles. The van der Waals surface area contributed by atoms with E-state index < -0.39 is 11.9 Å². The van der Waals surface area contributed by atoms with Crippen LogP contribution in [0.15, 0.2) is 35.7 Å². The van der Waals surface area contributed by atoms with Crippen LogP contribution in [0.1, 0.15) is 16.5 Å². The molecule has 1 nitrogen and oxygen atoms in total. The van der Waals surface area contributed by atoms with Crippen molar-refractivity contribution in [3.05, 3.63) is 57.0 Å². The Bertz CT molecular complexity index is 456. The van der Waals surface area contributed by atoms with Gasteiger partial charge in [-0.1, -0.05) is 23.7 Å². The summed E-state index contributed by atoms with van der Waals surface area (Å²) < 4.78 is 13.1. The number of halogens is 2. The van der Waals surface area contributed by atoms with E-state index in [4.69, 9.17) is 11.6 Å². The van der Waals surface area contributed by atoms with Crippen molar-refractivity contribution in [3.63, 3.8) is 0 Å². The van der Waals surface area contributed by atoms with Crippen LogP contribution in [-0.2, 0) is 0 Å². The fraction of sp³-hybridized carbons (Fsp3) is 0.0909. The Kier molecular flexibility index (Phi) is 3.05. The molecule has 1 aromatic carbocycles. The van der Waals surface area contributed by atoms with Crippen molar-refractivity contribution in [2.75, 3.05) is 0 Å². The van der Waals surface area contributed by atoms with Gasteiger partial charge >= 0.3 is 0 Å². The molecule has 2 rings (SSSR count). The van der Waals surface area contributed by atoms with Gasteiger partial charge in [-0.3, -0.25) is 0 Å². The van der Waals surface area contributed by atoms with Gasteiger partial charge in [0, 0.05) is 4.88 Å². The summed E-state index contributed by atoms with van der Waals surface area (Å²) in [6.45, 7) is 0. The van der Waals surface area contributed by atoms with E-state index in [-0.39, 0.29) is 5.02 Å². The zero-order chi connectivity index (χ0) is 10.8. The lowest BCUT2D eigenvalue weighted by Crippen LogP contribution is -1.97. The Labute approximate surface area is 95.8 Å². The van der Waals surface area contributed by atoms with Gasteiger partial charge in [0.1, 0.15) is 11.9 Å². The summed E-state index contributed by atoms with van der Waals surface area (Å²) in [5.74, 6) is -0.509. The van der Waals surface area contributed by atoms with Crippen LogP contribution in [-0.4, -0.2) is 5.11 Å². The van der Waals surface area contributed by atoms with E-state index >= 15 is 0 Å². The second-order valence-electron chi connectivity index (χ2n) is 3.09. The maximum absolute atomic E-state index is 13.1. The van der Waals surface area contributed by atoms with E-state index in [1.54, 1.807) is 6.07 Å². The molecule has 78 valence electrons. The predicted molar refractivity (Wildman–Crippen MR) is 59.8 cm³/mol. The zero-order valence-electron chi connectivity index (χ0n) is 7.65. The van der Waals surface area contributed by atoms with Crippen molar-refractivity contribution in [3.8, 4) is 0 Å². The molecule has 0 unspecified atom stereocenters. The number of rotatable bonds is 2. The number of thiophene rings is 1. The highest BCUT2D eigenvalue weighted by Crippen LogP contribution is 2.27. The van der Waals surface area contributed by atoms with E-state index in [1.807, 2.05) is 17.5 Å². The number of hydrogen-bond donors (Lipinski definition) is 1. The zero-order valence-corrected chi connectivity index (χ0v) is 9.23. The SMILES string of the molecule is O[C@@H](c1ccc(Cl)c(F)c1)c1cccs1. The van der Waals surface area contributed by atoms with Gasteiger partial charge in [-0.05, 0) is 29.1 Å². The molecule has 1 N–H and O–H groups in total. The maximum Gasteiger partial charge on any atom is 0.142 e. The lowest BCUT2D eigenvalue weighted by atomic mass is 10.1.